The summed E-state index contributed by atoms with van der Waals surface area (Å²) in [6, 6.07) is 0. The van der Waals surface area contributed by atoms with Gasteiger partial charge in [-0.3, -0.25) is 4.79 Å². The summed E-state index contributed by atoms with van der Waals surface area (Å²) >= 11 is 0. The molecule has 0 spiro atoms. The Hall–Kier alpha value is -0.900. The standard InChI is InChI=1S/C5H4O3S/c1-4-5(6)2-3-9(4,7)8/h2-3H,1H2. The molecule has 0 unspecified atom stereocenters. The number of hydrogen-bond donors (Lipinski definition) is 0. The third-order valence-electron chi connectivity index (χ3n) is 1.02. The van der Waals surface area contributed by atoms with Crippen molar-refractivity contribution in [1.29, 1.82) is 0 Å². The van der Waals surface area contributed by atoms with Gasteiger partial charge in [-0.2, -0.15) is 0 Å². The van der Waals surface area contributed by atoms with Gasteiger partial charge in [0.1, 0.15) is 4.91 Å². The highest BCUT2D eigenvalue weighted by molar-refractivity contribution is 7.99. The Morgan fingerprint density at radius 1 is 1.44 bits per heavy atom. The zero-order chi connectivity index (χ0) is 7.07. The molecule has 0 aromatic rings. The number of ketones is 1. The smallest absolute Gasteiger partial charge is 0.203 e. The van der Waals surface area contributed by atoms with Crippen molar-refractivity contribution in [2.75, 3.05) is 0 Å². The van der Waals surface area contributed by atoms with E-state index in [9.17, 15) is 13.2 Å². The third kappa shape index (κ3) is 0.810. The molecule has 0 saturated heterocycles. The molecule has 0 N–H and O–H groups in total. The Bertz CT molecular complexity index is 294. The van der Waals surface area contributed by atoms with Crippen molar-refractivity contribution in [3.05, 3.63) is 23.0 Å². The maximum Gasteiger partial charge on any atom is 0.203 e. The molecule has 1 aliphatic heterocycles. The van der Waals surface area contributed by atoms with Crippen LogP contribution in [0, 0.1) is 0 Å². The molecular weight excluding hydrogens is 140 g/mol. The van der Waals surface area contributed by atoms with Gasteiger partial charge in [-0.25, -0.2) is 8.42 Å². The normalized spacial score (nSPS) is 23.1. The third-order valence-corrected chi connectivity index (χ3v) is 2.40. The Morgan fingerprint density at radius 2 is 2.00 bits per heavy atom. The van der Waals surface area contributed by atoms with Crippen LogP contribution in [0.2, 0.25) is 0 Å². The van der Waals surface area contributed by atoms with Crippen LogP contribution in [-0.2, 0) is 14.6 Å². The molecule has 0 radical (unpaired) electrons. The monoisotopic (exact) mass is 144 g/mol. The number of hydrogen-bond acceptors (Lipinski definition) is 3. The summed E-state index contributed by atoms with van der Waals surface area (Å²) < 4.78 is 21.1. The summed E-state index contributed by atoms with van der Waals surface area (Å²) in [5.74, 6) is -0.519. The first-order valence-electron chi connectivity index (χ1n) is 2.20. The van der Waals surface area contributed by atoms with E-state index >= 15 is 0 Å². The Balaban J connectivity index is 3.32. The summed E-state index contributed by atoms with van der Waals surface area (Å²) in [6.45, 7) is 3.09. The lowest BCUT2D eigenvalue weighted by atomic mass is 10.4. The Labute approximate surface area is 52.6 Å². The summed E-state index contributed by atoms with van der Waals surface area (Å²) in [5.41, 5.74) is 0. The quantitative estimate of drug-likeness (QED) is 0.450. The summed E-state index contributed by atoms with van der Waals surface area (Å²) in [5, 5.41) is 0.859. The van der Waals surface area contributed by atoms with Crippen LogP contribution in [0.3, 0.4) is 0 Å². The molecule has 0 amide bonds. The van der Waals surface area contributed by atoms with Crippen molar-refractivity contribution < 1.29 is 13.2 Å². The van der Waals surface area contributed by atoms with Crippen molar-refractivity contribution in [2.45, 2.75) is 0 Å². The molecule has 0 saturated carbocycles. The fraction of sp³-hybridized carbons (Fsp3) is 0. The van der Waals surface area contributed by atoms with E-state index in [1.807, 2.05) is 0 Å². The second-order valence-corrected chi connectivity index (χ2v) is 3.49. The zero-order valence-electron chi connectivity index (χ0n) is 4.49. The van der Waals surface area contributed by atoms with E-state index in [2.05, 4.69) is 6.58 Å². The fourth-order valence-corrected chi connectivity index (χ4v) is 1.28. The molecule has 1 aliphatic rings. The highest BCUT2D eigenvalue weighted by Gasteiger charge is 2.23. The zero-order valence-corrected chi connectivity index (χ0v) is 5.31. The van der Waals surface area contributed by atoms with Gasteiger partial charge in [0.2, 0.25) is 9.84 Å². The average molecular weight is 144 g/mol. The molecule has 4 heteroatoms. The Morgan fingerprint density at radius 3 is 2.11 bits per heavy atom. The van der Waals surface area contributed by atoms with E-state index < -0.39 is 15.6 Å². The number of sulfone groups is 1. The van der Waals surface area contributed by atoms with E-state index in [-0.39, 0.29) is 4.91 Å². The molecule has 0 aromatic carbocycles. The number of rotatable bonds is 0. The van der Waals surface area contributed by atoms with Crippen LogP contribution in [0.15, 0.2) is 23.0 Å². The molecule has 3 nitrogen and oxygen atoms in total. The van der Waals surface area contributed by atoms with Crippen molar-refractivity contribution in [3.8, 4) is 0 Å². The van der Waals surface area contributed by atoms with Crippen molar-refractivity contribution in [2.24, 2.45) is 0 Å². The highest BCUT2D eigenvalue weighted by Crippen LogP contribution is 2.14. The topological polar surface area (TPSA) is 51.2 Å². The van der Waals surface area contributed by atoms with Gasteiger partial charge >= 0.3 is 0 Å². The van der Waals surface area contributed by atoms with E-state index in [1.165, 1.54) is 0 Å². The van der Waals surface area contributed by atoms with Gasteiger partial charge < -0.3 is 0 Å². The van der Waals surface area contributed by atoms with Gasteiger partial charge in [-0.15, -0.1) is 0 Å². The molecule has 0 aliphatic carbocycles. The molecule has 0 atom stereocenters. The van der Waals surface area contributed by atoms with E-state index in [1.54, 1.807) is 0 Å². The fourth-order valence-electron chi connectivity index (χ4n) is 0.467. The molecular formula is C5H4O3S. The lowest BCUT2D eigenvalue weighted by Crippen LogP contribution is -1.98. The van der Waals surface area contributed by atoms with Gasteiger partial charge in [0.15, 0.2) is 5.78 Å². The highest BCUT2D eigenvalue weighted by atomic mass is 32.2. The van der Waals surface area contributed by atoms with Crippen LogP contribution in [0.1, 0.15) is 0 Å². The van der Waals surface area contributed by atoms with Crippen LogP contribution in [-0.4, -0.2) is 14.2 Å². The lowest BCUT2D eigenvalue weighted by Gasteiger charge is -1.86. The lowest BCUT2D eigenvalue weighted by molar-refractivity contribution is -0.110. The number of carbonyl (C=O) groups excluding carboxylic acids is 1. The molecule has 48 valence electrons. The predicted molar refractivity (Wildman–Crippen MR) is 32.2 cm³/mol. The first-order valence-corrected chi connectivity index (χ1v) is 3.75. The van der Waals surface area contributed by atoms with Crippen LogP contribution in [0.25, 0.3) is 0 Å². The largest absolute Gasteiger partial charge is 0.288 e. The molecule has 1 heterocycles. The summed E-state index contributed by atoms with van der Waals surface area (Å²) in [4.78, 5) is 10.1. The minimum absolute atomic E-state index is 0.331. The van der Waals surface area contributed by atoms with Crippen LogP contribution >= 0.6 is 0 Å². The van der Waals surface area contributed by atoms with Gasteiger partial charge in [0.05, 0.1) is 0 Å². The summed E-state index contributed by atoms with van der Waals surface area (Å²) in [6.07, 6.45) is 0.998. The van der Waals surface area contributed by atoms with Crippen LogP contribution < -0.4 is 0 Å². The van der Waals surface area contributed by atoms with Crippen molar-refractivity contribution in [1.82, 2.24) is 0 Å². The van der Waals surface area contributed by atoms with E-state index in [0.29, 0.717) is 0 Å². The van der Waals surface area contributed by atoms with Gasteiger partial charge in [-0.1, -0.05) is 6.58 Å². The molecule has 1 rings (SSSR count). The van der Waals surface area contributed by atoms with E-state index in [4.69, 9.17) is 0 Å². The second-order valence-electron chi connectivity index (χ2n) is 1.64. The summed E-state index contributed by atoms with van der Waals surface area (Å²) in [7, 11) is -3.40. The van der Waals surface area contributed by atoms with Gasteiger partial charge in [0.25, 0.3) is 0 Å². The minimum Gasteiger partial charge on any atom is -0.288 e. The molecule has 9 heavy (non-hydrogen) atoms. The van der Waals surface area contributed by atoms with Gasteiger partial charge in [-0.05, 0) is 6.08 Å². The number of allylic oxidation sites excluding steroid dienone is 2. The minimum atomic E-state index is -3.40. The van der Waals surface area contributed by atoms with Crippen molar-refractivity contribution in [3.63, 3.8) is 0 Å². The maximum atomic E-state index is 10.6. The average Bonchev–Trinajstić information content (AvgIpc) is 1.97. The molecule has 0 aromatic heterocycles. The SMILES string of the molecule is C=C1C(=O)C=CS1(=O)=O. The molecule has 0 bridgehead atoms. The molecule has 0 fully saturated rings. The van der Waals surface area contributed by atoms with E-state index in [0.717, 1.165) is 11.5 Å². The van der Waals surface area contributed by atoms with Crippen LogP contribution in [0.5, 0.6) is 0 Å². The number of carbonyl (C=O) groups is 1. The first kappa shape index (κ1) is 6.22. The van der Waals surface area contributed by atoms with Crippen molar-refractivity contribution >= 4 is 15.6 Å². The second kappa shape index (κ2) is 1.54. The van der Waals surface area contributed by atoms with Gasteiger partial charge in [0, 0.05) is 5.41 Å². The Kier molecular flexibility index (Phi) is 1.06. The maximum absolute atomic E-state index is 10.6. The van der Waals surface area contributed by atoms with Crippen LogP contribution in [0.4, 0.5) is 0 Å². The first-order chi connectivity index (χ1) is 4.04. The predicted octanol–water partition coefficient (Wildman–Crippen LogP) is 0.0113.